The number of hydrogen-bond acceptors (Lipinski definition) is 4. The smallest absolute Gasteiger partial charge is 0.228 e. The van der Waals surface area contributed by atoms with E-state index < -0.39 is 23.3 Å². The number of nitrogen functional groups attached to an aromatic ring is 1. The Morgan fingerprint density at radius 3 is 1.83 bits per heavy atom. The topological polar surface area (TPSA) is 55.0 Å². The lowest BCUT2D eigenvalue weighted by atomic mass is 10.1. The van der Waals surface area contributed by atoms with E-state index in [0.717, 1.165) is 24.3 Å². The van der Waals surface area contributed by atoms with E-state index in [2.05, 4.69) is 9.97 Å². The first-order chi connectivity index (χ1) is 14.4. The van der Waals surface area contributed by atoms with E-state index in [1.54, 1.807) is 23.1 Å². The molecule has 0 unspecified atom stereocenters. The summed E-state index contributed by atoms with van der Waals surface area (Å²) in [4.78, 5) is 10.5. The number of fused-ring (bicyclic) bond motifs is 1. The molecular formula is C22H16F4N4. The molecule has 0 aliphatic heterocycles. The minimum atomic E-state index is -0.987. The minimum Gasteiger partial charge on any atom is -0.383 e. The molecule has 4 rings (SSSR count). The molecule has 0 fully saturated rings. The summed E-state index contributed by atoms with van der Waals surface area (Å²) in [6.45, 7) is 0.182. The van der Waals surface area contributed by atoms with Crippen LogP contribution in [0, 0.1) is 23.3 Å². The minimum absolute atomic E-state index is 0.0912. The third-order valence-electron chi connectivity index (χ3n) is 4.62. The highest BCUT2D eigenvalue weighted by Gasteiger charge is 2.16. The molecule has 4 aromatic rings. The predicted octanol–water partition coefficient (Wildman–Crippen LogP) is 4.98. The average Bonchev–Trinajstić information content (AvgIpc) is 2.73. The van der Waals surface area contributed by atoms with Gasteiger partial charge < -0.3 is 10.6 Å². The molecule has 3 aromatic carbocycles. The van der Waals surface area contributed by atoms with Crippen molar-refractivity contribution in [2.24, 2.45) is 0 Å². The van der Waals surface area contributed by atoms with Crippen LogP contribution in [0.4, 0.5) is 29.3 Å². The van der Waals surface area contributed by atoms with Gasteiger partial charge in [-0.25, -0.2) is 22.5 Å². The molecule has 4 nitrogen and oxygen atoms in total. The number of hydrogen-bond donors (Lipinski definition) is 1. The predicted molar refractivity (Wildman–Crippen MR) is 107 cm³/mol. The second-order valence-electron chi connectivity index (χ2n) is 6.78. The molecule has 0 atom stereocenters. The van der Waals surface area contributed by atoms with Crippen molar-refractivity contribution in [3.63, 3.8) is 0 Å². The number of nitrogens with two attached hydrogens (primary N) is 1. The summed E-state index contributed by atoms with van der Waals surface area (Å²) in [7, 11) is 0. The molecule has 0 radical (unpaired) electrons. The summed E-state index contributed by atoms with van der Waals surface area (Å²) in [5, 5.41) is 0.668. The first kappa shape index (κ1) is 19.6. The summed E-state index contributed by atoms with van der Waals surface area (Å²) in [6, 6.07) is 14.2. The zero-order valence-electron chi connectivity index (χ0n) is 15.6. The largest absolute Gasteiger partial charge is 0.383 e. The Kier molecular flexibility index (Phi) is 5.22. The Bertz CT molecular complexity index is 1180. The molecule has 8 heteroatoms. The zero-order chi connectivity index (χ0) is 21.3. The fourth-order valence-electron chi connectivity index (χ4n) is 3.14. The Hall–Kier alpha value is -3.68. The summed E-state index contributed by atoms with van der Waals surface area (Å²) >= 11 is 0. The standard InChI is InChI=1S/C22H16F4N4/c23-16-7-5-13(9-18(16)25)11-30(12-14-6-8-17(24)19(26)10-14)22-28-20-4-2-1-3-15(20)21(27)29-22/h1-10H,11-12H2,(H2,27,28,29). The van der Waals surface area contributed by atoms with Crippen molar-refractivity contribution in [3.05, 3.63) is 95.1 Å². The van der Waals surface area contributed by atoms with Gasteiger partial charge in [-0.2, -0.15) is 4.98 Å². The van der Waals surface area contributed by atoms with Gasteiger partial charge in [-0.1, -0.05) is 24.3 Å². The number of halogens is 4. The van der Waals surface area contributed by atoms with Crippen LogP contribution in [-0.4, -0.2) is 9.97 Å². The molecule has 0 saturated heterocycles. The second kappa shape index (κ2) is 7.98. The molecule has 0 aliphatic rings. The van der Waals surface area contributed by atoms with Crippen LogP contribution >= 0.6 is 0 Å². The number of anilines is 2. The normalized spacial score (nSPS) is 11.1. The van der Waals surface area contributed by atoms with Crippen molar-refractivity contribution in [1.29, 1.82) is 0 Å². The van der Waals surface area contributed by atoms with Gasteiger partial charge in [-0.05, 0) is 47.5 Å². The highest BCUT2D eigenvalue weighted by molar-refractivity contribution is 5.88. The van der Waals surface area contributed by atoms with Gasteiger partial charge in [0.05, 0.1) is 5.52 Å². The molecular weight excluding hydrogens is 396 g/mol. The van der Waals surface area contributed by atoms with E-state index >= 15 is 0 Å². The van der Waals surface area contributed by atoms with Crippen LogP contribution in [0.15, 0.2) is 60.7 Å². The number of rotatable bonds is 5. The number of benzene rings is 3. The Morgan fingerprint density at radius 1 is 0.700 bits per heavy atom. The van der Waals surface area contributed by atoms with Crippen molar-refractivity contribution in [2.75, 3.05) is 10.6 Å². The van der Waals surface area contributed by atoms with Gasteiger partial charge in [-0.3, -0.25) is 0 Å². The molecule has 0 saturated carbocycles. The van der Waals surface area contributed by atoms with Crippen molar-refractivity contribution in [2.45, 2.75) is 13.1 Å². The van der Waals surface area contributed by atoms with Gasteiger partial charge in [0.1, 0.15) is 5.82 Å². The Morgan fingerprint density at radius 2 is 1.27 bits per heavy atom. The van der Waals surface area contributed by atoms with Gasteiger partial charge in [-0.15, -0.1) is 0 Å². The SMILES string of the molecule is Nc1nc(N(Cc2ccc(F)c(F)c2)Cc2ccc(F)c(F)c2)nc2ccccc12. The van der Waals surface area contributed by atoms with Crippen LogP contribution in [-0.2, 0) is 13.1 Å². The first-order valence-corrected chi connectivity index (χ1v) is 9.06. The highest BCUT2D eigenvalue weighted by Crippen LogP contribution is 2.24. The molecule has 1 aromatic heterocycles. The third kappa shape index (κ3) is 4.03. The van der Waals surface area contributed by atoms with Crippen LogP contribution in [0.3, 0.4) is 0 Å². The summed E-state index contributed by atoms with van der Waals surface area (Å²) in [6.07, 6.45) is 0. The summed E-state index contributed by atoms with van der Waals surface area (Å²) in [5.41, 5.74) is 7.57. The lowest BCUT2D eigenvalue weighted by Gasteiger charge is -2.24. The quantitative estimate of drug-likeness (QED) is 0.470. The van der Waals surface area contributed by atoms with Crippen LogP contribution in [0.25, 0.3) is 10.9 Å². The maximum absolute atomic E-state index is 13.7. The average molecular weight is 412 g/mol. The fraction of sp³-hybridized carbons (Fsp3) is 0.0909. The number of aromatic nitrogens is 2. The van der Waals surface area contributed by atoms with E-state index in [4.69, 9.17) is 5.73 Å². The maximum atomic E-state index is 13.7. The monoisotopic (exact) mass is 412 g/mol. The van der Waals surface area contributed by atoms with Crippen molar-refractivity contribution < 1.29 is 17.6 Å². The molecule has 30 heavy (non-hydrogen) atoms. The first-order valence-electron chi connectivity index (χ1n) is 9.06. The van der Waals surface area contributed by atoms with Gasteiger partial charge in [0.15, 0.2) is 23.3 Å². The van der Waals surface area contributed by atoms with Crippen molar-refractivity contribution in [3.8, 4) is 0 Å². The highest BCUT2D eigenvalue weighted by atomic mass is 19.2. The van der Waals surface area contributed by atoms with Gasteiger partial charge in [0, 0.05) is 18.5 Å². The van der Waals surface area contributed by atoms with E-state index in [1.165, 1.54) is 12.1 Å². The summed E-state index contributed by atoms with van der Waals surface area (Å²) in [5.74, 6) is -3.43. The van der Waals surface area contributed by atoms with Crippen LogP contribution in [0.5, 0.6) is 0 Å². The lowest BCUT2D eigenvalue weighted by Crippen LogP contribution is -2.25. The van der Waals surface area contributed by atoms with Gasteiger partial charge in [0.25, 0.3) is 0 Å². The molecule has 2 N–H and O–H groups in total. The van der Waals surface area contributed by atoms with Crippen molar-refractivity contribution in [1.82, 2.24) is 9.97 Å². The number of nitrogens with zero attached hydrogens (tertiary/aromatic N) is 3. The van der Waals surface area contributed by atoms with Crippen molar-refractivity contribution >= 4 is 22.7 Å². The van der Waals surface area contributed by atoms with E-state index in [-0.39, 0.29) is 24.9 Å². The van der Waals surface area contributed by atoms with Gasteiger partial charge >= 0.3 is 0 Å². The molecule has 0 amide bonds. The van der Waals surface area contributed by atoms with E-state index in [1.807, 2.05) is 6.07 Å². The maximum Gasteiger partial charge on any atom is 0.228 e. The second-order valence-corrected chi connectivity index (χ2v) is 6.78. The molecule has 1 heterocycles. The fourth-order valence-corrected chi connectivity index (χ4v) is 3.14. The molecule has 152 valence electrons. The van der Waals surface area contributed by atoms with Crippen LogP contribution in [0.2, 0.25) is 0 Å². The Labute approximate surface area is 169 Å². The third-order valence-corrected chi connectivity index (χ3v) is 4.62. The molecule has 0 bridgehead atoms. The van der Waals surface area contributed by atoms with Gasteiger partial charge in [0.2, 0.25) is 5.95 Å². The number of para-hydroxylation sites is 1. The molecule has 0 spiro atoms. The Balaban J connectivity index is 1.75. The van der Waals surface area contributed by atoms with Crippen LogP contribution < -0.4 is 10.6 Å². The van der Waals surface area contributed by atoms with E-state index in [9.17, 15) is 17.6 Å². The molecule has 0 aliphatic carbocycles. The zero-order valence-corrected chi connectivity index (χ0v) is 15.6. The van der Waals surface area contributed by atoms with E-state index in [0.29, 0.717) is 22.0 Å². The summed E-state index contributed by atoms with van der Waals surface area (Å²) < 4.78 is 54.0. The lowest BCUT2D eigenvalue weighted by molar-refractivity contribution is 0.505. The van der Waals surface area contributed by atoms with Crippen LogP contribution in [0.1, 0.15) is 11.1 Å².